The molecule has 1 amide bonds. The van der Waals surface area contributed by atoms with Gasteiger partial charge in [0.2, 0.25) is 5.13 Å². The molecule has 1 fully saturated rings. The van der Waals surface area contributed by atoms with Crippen LogP contribution in [0.3, 0.4) is 0 Å². The van der Waals surface area contributed by atoms with Crippen LogP contribution in [-0.2, 0) is 6.42 Å². The fourth-order valence-corrected chi connectivity index (χ4v) is 3.97. The van der Waals surface area contributed by atoms with Gasteiger partial charge in [-0.3, -0.25) is 4.79 Å². The Kier molecular flexibility index (Phi) is 5.49. The van der Waals surface area contributed by atoms with Crippen LogP contribution in [0.25, 0.3) is 0 Å². The van der Waals surface area contributed by atoms with Crippen LogP contribution in [0.1, 0.15) is 27.3 Å². The maximum Gasteiger partial charge on any atom is 0.254 e. The summed E-state index contributed by atoms with van der Waals surface area (Å²) in [7, 11) is 0. The van der Waals surface area contributed by atoms with Crippen LogP contribution in [0.15, 0.2) is 48.5 Å². The minimum Gasteiger partial charge on any atom is -0.343 e. The topological polar surface area (TPSA) is 73.1 Å². The fraction of sp³-hybridized carbons (Fsp3) is 0.238. The molecule has 0 radical (unpaired) electrons. The molecule has 0 unspecified atom stereocenters. The summed E-state index contributed by atoms with van der Waals surface area (Å²) in [5, 5.41) is 9.85. The van der Waals surface area contributed by atoms with E-state index in [2.05, 4.69) is 20.3 Å². The van der Waals surface area contributed by atoms with Crippen molar-refractivity contribution in [2.75, 3.05) is 31.1 Å². The zero-order chi connectivity index (χ0) is 20.2. The molecule has 0 aliphatic carbocycles. The first-order valence-corrected chi connectivity index (χ1v) is 10.0. The highest BCUT2D eigenvalue weighted by atomic mass is 32.1. The van der Waals surface area contributed by atoms with Gasteiger partial charge in [0.1, 0.15) is 11.6 Å². The number of carbonyl (C=O) groups excluding carboxylic acids is 1. The molecule has 1 aromatic heterocycles. The number of nitriles is 1. The molecule has 1 saturated heterocycles. The van der Waals surface area contributed by atoms with Crippen LogP contribution >= 0.6 is 11.5 Å². The van der Waals surface area contributed by atoms with Gasteiger partial charge in [-0.2, -0.15) is 9.64 Å². The van der Waals surface area contributed by atoms with E-state index in [0.29, 0.717) is 49.6 Å². The van der Waals surface area contributed by atoms with Crippen LogP contribution in [0.2, 0.25) is 0 Å². The van der Waals surface area contributed by atoms with E-state index in [1.807, 2.05) is 0 Å². The fourth-order valence-electron chi connectivity index (χ4n) is 3.23. The Labute approximate surface area is 172 Å². The summed E-state index contributed by atoms with van der Waals surface area (Å²) in [6.07, 6.45) is 0.560. The van der Waals surface area contributed by atoms with Gasteiger partial charge in [0.05, 0.1) is 11.6 Å². The van der Waals surface area contributed by atoms with Gasteiger partial charge in [0.25, 0.3) is 5.91 Å². The van der Waals surface area contributed by atoms with Crippen molar-refractivity contribution in [3.63, 3.8) is 0 Å². The van der Waals surface area contributed by atoms with Gasteiger partial charge in [0.15, 0.2) is 0 Å². The number of hydrogen-bond acceptors (Lipinski definition) is 6. The lowest BCUT2D eigenvalue weighted by molar-refractivity contribution is 0.0746. The second kappa shape index (κ2) is 8.37. The maximum absolute atomic E-state index is 13.0. The molecule has 29 heavy (non-hydrogen) atoms. The number of piperazine rings is 1. The SMILES string of the molecule is N#Cc1cccc(C(=O)N2CCN(c3nc(Cc4ccc(F)cc4)ns3)CC2)c1. The highest BCUT2D eigenvalue weighted by molar-refractivity contribution is 7.09. The lowest BCUT2D eigenvalue weighted by Crippen LogP contribution is -2.48. The van der Waals surface area contributed by atoms with Gasteiger partial charge in [-0.05, 0) is 35.9 Å². The molecule has 6 nitrogen and oxygen atoms in total. The molecular weight excluding hydrogens is 389 g/mol. The Hall–Kier alpha value is -3.31. The number of amides is 1. The van der Waals surface area contributed by atoms with E-state index in [0.717, 1.165) is 10.7 Å². The molecule has 146 valence electrons. The third-order valence-corrected chi connectivity index (χ3v) is 5.62. The van der Waals surface area contributed by atoms with Crippen LogP contribution in [0.4, 0.5) is 9.52 Å². The minimum absolute atomic E-state index is 0.0592. The molecule has 1 aliphatic rings. The Balaban J connectivity index is 1.36. The molecule has 2 heterocycles. The first-order valence-electron chi connectivity index (χ1n) is 9.24. The van der Waals surface area contributed by atoms with Gasteiger partial charge in [0, 0.05) is 49.7 Å². The van der Waals surface area contributed by atoms with Crippen molar-refractivity contribution >= 4 is 22.6 Å². The number of nitrogens with zero attached hydrogens (tertiary/aromatic N) is 5. The summed E-state index contributed by atoms with van der Waals surface area (Å²) in [5.41, 5.74) is 1.98. The third-order valence-electron chi connectivity index (χ3n) is 4.81. The van der Waals surface area contributed by atoms with Gasteiger partial charge in [-0.15, -0.1) is 0 Å². The van der Waals surface area contributed by atoms with Crippen molar-refractivity contribution in [3.05, 3.63) is 76.9 Å². The maximum atomic E-state index is 13.0. The highest BCUT2D eigenvalue weighted by Gasteiger charge is 2.24. The average Bonchev–Trinajstić information content (AvgIpc) is 3.23. The average molecular weight is 407 g/mol. The molecule has 3 aromatic rings. The van der Waals surface area contributed by atoms with Crippen LogP contribution in [0.5, 0.6) is 0 Å². The Bertz CT molecular complexity index is 1050. The molecular formula is C21H18FN5OS. The predicted octanol–water partition coefficient (Wildman–Crippen LogP) is 3.10. The summed E-state index contributed by atoms with van der Waals surface area (Å²) in [5.74, 6) is 0.395. The number of aromatic nitrogens is 2. The smallest absolute Gasteiger partial charge is 0.254 e. The Morgan fingerprint density at radius 2 is 1.90 bits per heavy atom. The molecule has 2 aromatic carbocycles. The monoisotopic (exact) mass is 407 g/mol. The van der Waals surface area contributed by atoms with E-state index in [1.165, 1.54) is 23.7 Å². The zero-order valence-electron chi connectivity index (χ0n) is 15.6. The van der Waals surface area contributed by atoms with Gasteiger partial charge < -0.3 is 9.80 Å². The van der Waals surface area contributed by atoms with E-state index in [1.54, 1.807) is 41.3 Å². The summed E-state index contributed by atoms with van der Waals surface area (Å²) in [6, 6.07) is 15.2. The van der Waals surface area contributed by atoms with E-state index in [9.17, 15) is 9.18 Å². The summed E-state index contributed by atoms with van der Waals surface area (Å²) < 4.78 is 17.4. The third kappa shape index (κ3) is 4.41. The zero-order valence-corrected chi connectivity index (χ0v) is 16.4. The van der Waals surface area contributed by atoms with Crippen LogP contribution in [-0.4, -0.2) is 46.3 Å². The number of rotatable bonds is 4. The van der Waals surface area contributed by atoms with Crippen molar-refractivity contribution in [2.45, 2.75) is 6.42 Å². The summed E-state index contributed by atoms with van der Waals surface area (Å²) in [6.45, 7) is 2.52. The lowest BCUT2D eigenvalue weighted by Gasteiger charge is -2.34. The number of hydrogen-bond donors (Lipinski definition) is 0. The normalized spacial score (nSPS) is 13.9. The van der Waals surface area contributed by atoms with E-state index in [4.69, 9.17) is 5.26 Å². The minimum atomic E-state index is -0.257. The Morgan fingerprint density at radius 1 is 1.14 bits per heavy atom. The van der Waals surface area contributed by atoms with Gasteiger partial charge in [-0.1, -0.05) is 18.2 Å². The molecule has 8 heteroatoms. The van der Waals surface area contributed by atoms with Crippen LogP contribution < -0.4 is 4.90 Å². The van der Waals surface area contributed by atoms with Crippen molar-refractivity contribution in [3.8, 4) is 6.07 Å². The second-order valence-electron chi connectivity index (χ2n) is 6.77. The summed E-state index contributed by atoms with van der Waals surface area (Å²) >= 11 is 1.34. The number of benzene rings is 2. The molecule has 1 aliphatic heterocycles. The van der Waals surface area contributed by atoms with Crippen molar-refractivity contribution in [1.82, 2.24) is 14.3 Å². The number of halogens is 1. The van der Waals surface area contributed by atoms with Gasteiger partial charge >= 0.3 is 0 Å². The predicted molar refractivity (Wildman–Crippen MR) is 108 cm³/mol. The molecule has 0 bridgehead atoms. The van der Waals surface area contributed by atoms with Crippen molar-refractivity contribution in [2.24, 2.45) is 0 Å². The van der Waals surface area contributed by atoms with E-state index >= 15 is 0 Å². The van der Waals surface area contributed by atoms with Crippen molar-refractivity contribution < 1.29 is 9.18 Å². The standard InChI is InChI=1S/C21H18FN5OS/c22-18-6-4-15(5-7-18)13-19-24-21(29-25-19)27-10-8-26(9-11-27)20(28)17-3-1-2-16(12-17)14-23/h1-7,12H,8-11,13H2. The van der Waals surface area contributed by atoms with Gasteiger partial charge in [-0.25, -0.2) is 9.37 Å². The van der Waals surface area contributed by atoms with E-state index in [-0.39, 0.29) is 11.7 Å². The molecule has 0 N–H and O–H groups in total. The van der Waals surface area contributed by atoms with Crippen molar-refractivity contribution in [1.29, 1.82) is 5.26 Å². The molecule has 4 rings (SSSR count). The highest BCUT2D eigenvalue weighted by Crippen LogP contribution is 2.21. The summed E-state index contributed by atoms with van der Waals surface area (Å²) in [4.78, 5) is 21.2. The molecule has 0 spiro atoms. The largest absolute Gasteiger partial charge is 0.343 e. The molecule has 0 saturated carbocycles. The number of carbonyl (C=O) groups is 1. The quantitative estimate of drug-likeness (QED) is 0.665. The Morgan fingerprint density at radius 3 is 2.62 bits per heavy atom. The molecule has 0 atom stereocenters. The number of anilines is 1. The van der Waals surface area contributed by atoms with E-state index < -0.39 is 0 Å². The lowest BCUT2D eigenvalue weighted by atomic mass is 10.1. The van der Waals surface area contributed by atoms with Crippen LogP contribution in [0, 0.1) is 17.1 Å². The second-order valence-corrected chi connectivity index (χ2v) is 7.50. The first-order chi connectivity index (χ1) is 14.1. The first kappa shape index (κ1) is 19.0.